The number of para-hydroxylation sites is 1. The number of aromatic nitrogens is 1. The molecule has 1 atom stereocenters. The highest BCUT2D eigenvalue weighted by molar-refractivity contribution is 7.18. The zero-order chi connectivity index (χ0) is 15.7. The summed E-state index contributed by atoms with van der Waals surface area (Å²) in [5.41, 5.74) is 0.644. The van der Waals surface area contributed by atoms with Crippen LogP contribution < -0.4 is 0 Å². The number of ketones is 1. The molecule has 1 heterocycles. The summed E-state index contributed by atoms with van der Waals surface area (Å²) in [7, 11) is 0. The van der Waals surface area contributed by atoms with Crippen LogP contribution in [0.3, 0.4) is 0 Å². The molecule has 3 rings (SSSR count). The van der Waals surface area contributed by atoms with Crippen LogP contribution in [-0.4, -0.2) is 10.8 Å². The van der Waals surface area contributed by atoms with Gasteiger partial charge in [-0.25, -0.2) is 13.8 Å². The second kappa shape index (κ2) is 5.62. The quantitative estimate of drug-likeness (QED) is 0.685. The van der Waals surface area contributed by atoms with E-state index in [0.717, 1.165) is 16.8 Å². The van der Waals surface area contributed by atoms with Crippen LogP contribution in [0.2, 0.25) is 0 Å². The largest absolute Gasteiger partial charge is 0.292 e. The maximum atomic E-state index is 13.3. The third kappa shape index (κ3) is 2.47. The lowest BCUT2D eigenvalue weighted by Crippen LogP contribution is -2.11. The highest BCUT2D eigenvalue weighted by Gasteiger charge is 2.26. The molecular weight excluding hydrogens is 306 g/mol. The number of carbonyl (C=O) groups excluding carboxylic acids is 1. The number of hydrogen-bond acceptors (Lipinski definition) is 4. The van der Waals surface area contributed by atoms with Crippen molar-refractivity contribution in [1.29, 1.82) is 5.26 Å². The molecule has 0 saturated heterocycles. The molecule has 1 aromatic heterocycles. The van der Waals surface area contributed by atoms with Crippen molar-refractivity contribution < 1.29 is 13.6 Å². The van der Waals surface area contributed by atoms with Gasteiger partial charge in [0, 0.05) is 5.56 Å². The summed E-state index contributed by atoms with van der Waals surface area (Å²) in [5.74, 6) is -3.89. The highest BCUT2D eigenvalue weighted by atomic mass is 32.1. The van der Waals surface area contributed by atoms with Crippen molar-refractivity contribution in [2.75, 3.05) is 0 Å². The lowest BCUT2D eigenvalue weighted by molar-refractivity contribution is 0.0978. The van der Waals surface area contributed by atoms with Gasteiger partial charge < -0.3 is 0 Å². The molecule has 0 fully saturated rings. The minimum atomic E-state index is -1.14. The fourth-order valence-corrected chi connectivity index (χ4v) is 3.07. The van der Waals surface area contributed by atoms with Crippen LogP contribution in [0.15, 0.2) is 42.5 Å². The number of nitriles is 1. The predicted octanol–water partition coefficient (Wildman–Crippen LogP) is 4.06. The zero-order valence-electron chi connectivity index (χ0n) is 11.1. The van der Waals surface area contributed by atoms with Gasteiger partial charge in [-0.15, -0.1) is 11.3 Å². The maximum absolute atomic E-state index is 13.3. The van der Waals surface area contributed by atoms with Crippen molar-refractivity contribution in [3.05, 3.63) is 64.7 Å². The molecule has 0 saturated carbocycles. The van der Waals surface area contributed by atoms with E-state index in [9.17, 15) is 18.8 Å². The van der Waals surface area contributed by atoms with Crippen molar-refractivity contribution in [2.24, 2.45) is 0 Å². The minimum absolute atomic E-state index is 0.0512. The molecule has 0 aliphatic rings. The Balaban J connectivity index is 2.01. The predicted molar refractivity (Wildman–Crippen MR) is 78.7 cm³/mol. The molecule has 0 amide bonds. The van der Waals surface area contributed by atoms with Crippen molar-refractivity contribution in [3.63, 3.8) is 0 Å². The third-order valence-corrected chi connectivity index (χ3v) is 4.25. The minimum Gasteiger partial charge on any atom is -0.292 e. The molecule has 22 heavy (non-hydrogen) atoms. The summed E-state index contributed by atoms with van der Waals surface area (Å²) >= 11 is 1.24. The second-order valence-electron chi connectivity index (χ2n) is 4.58. The Hall–Kier alpha value is -2.65. The van der Waals surface area contributed by atoms with Gasteiger partial charge in [-0.3, -0.25) is 4.79 Å². The second-order valence-corrected chi connectivity index (χ2v) is 5.64. The molecule has 0 spiro atoms. The van der Waals surface area contributed by atoms with Crippen molar-refractivity contribution in [1.82, 2.24) is 4.98 Å². The lowest BCUT2D eigenvalue weighted by Gasteiger charge is -2.05. The Morgan fingerprint density at radius 3 is 2.64 bits per heavy atom. The summed E-state index contributed by atoms with van der Waals surface area (Å²) in [5, 5.41) is 9.63. The Kier molecular flexibility index (Phi) is 3.65. The summed E-state index contributed by atoms with van der Waals surface area (Å²) in [6, 6.07) is 12.0. The summed E-state index contributed by atoms with van der Waals surface area (Å²) in [6.45, 7) is 0. The van der Waals surface area contributed by atoms with Gasteiger partial charge in [-0.2, -0.15) is 5.26 Å². The zero-order valence-corrected chi connectivity index (χ0v) is 11.9. The number of halogens is 2. The maximum Gasteiger partial charge on any atom is 0.187 e. The third-order valence-electron chi connectivity index (χ3n) is 3.15. The number of carbonyl (C=O) groups is 1. The molecule has 0 unspecified atom stereocenters. The first-order chi connectivity index (χ1) is 10.6. The fourth-order valence-electron chi connectivity index (χ4n) is 2.06. The van der Waals surface area contributed by atoms with Gasteiger partial charge in [0.25, 0.3) is 0 Å². The van der Waals surface area contributed by atoms with Crippen molar-refractivity contribution in [2.45, 2.75) is 5.92 Å². The molecule has 3 aromatic rings. The van der Waals surface area contributed by atoms with Crippen LogP contribution in [0.25, 0.3) is 10.2 Å². The van der Waals surface area contributed by atoms with E-state index in [1.807, 2.05) is 24.3 Å². The first-order valence-corrected chi connectivity index (χ1v) is 7.16. The Morgan fingerprint density at radius 1 is 1.18 bits per heavy atom. The average Bonchev–Trinajstić information content (AvgIpc) is 2.94. The molecule has 0 bridgehead atoms. The summed E-state index contributed by atoms with van der Waals surface area (Å²) < 4.78 is 27.1. The molecule has 0 N–H and O–H groups in total. The van der Waals surface area contributed by atoms with Crippen molar-refractivity contribution in [3.8, 4) is 6.07 Å². The normalized spacial score (nSPS) is 12.0. The monoisotopic (exact) mass is 314 g/mol. The standard InChI is InChI=1S/C16H8F2N2OS/c17-11-6-5-9(7-12(11)18)15(21)10(8-19)16-20-13-3-1-2-4-14(13)22-16/h1-7,10H/t10-/m0/s1. The number of thiazole rings is 1. The molecule has 0 aliphatic carbocycles. The van der Waals surface area contributed by atoms with E-state index in [-0.39, 0.29) is 5.56 Å². The Morgan fingerprint density at radius 2 is 1.95 bits per heavy atom. The van der Waals surface area contributed by atoms with Gasteiger partial charge in [0.1, 0.15) is 5.01 Å². The van der Waals surface area contributed by atoms with Crippen LogP contribution in [0.5, 0.6) is 0 Å². The molecular formula is C16H8F2N2OS. The fraction of sp³-hybridized carbons (Fsp3) is 0.0625. The van der Waals surface area contributed by atoms with E-state index in [1.54, 1.807) is 6.07 Å². The smallest absolute Gasteiger partial charge is 0.187 e. The first kappa shape index (κ1) is 14.3. The van der Waals surface area contributed by atoms with Crippen LogP contribution in [-0.2, 0) is 0 Å². The van der Waals surface area contributed by atoms with E-state index in [4.69, 9.17) is 0 Å². The van der Waals surface area contributed by atoms with Crippen LogP contribution in [0.4, 0.5) is 8.78 Å². The summed E-state index contributed by atoms with van der Waals surface area (Å²) in [6.07, 6.45) is 0. The number of hydrogen-bond donors (Lipinski definition) is 0. The molecule has 2 aromatic carbocycles. The van der Waals surface area contributed by atoms with Gasteiger partial charge in [0.05, 0.1) is 16.3 Å². The molecule has 6 heteroatoms. The number of benzene rings is 2. The molecule has 0 aliphatic heterocycles. The van der Waals surface area contributed by atoms with Crippen molar-refractivity contribution >= 4 is 27.3 Å². The van der Waals surface area contributed by atoms with Gasteiger partial charge in [-0.05, 0) is 30.3 Å². The van der Waals surface area contributed by atoms with E-state index < -0.39 is 23.3 Å². The molecule has 3 nitrogen and oxygen atoms in total. The molecule has 0 radical (unpaired) electrons. The number of nitrogens with zero attached hydrogens (tertiary/aromatic N) is 2. The van der Waals surface area contributed by atoms with E-state index in [0.29, 0.717) is 10.5 Å². The van der Waals surface area contributed by atoms with Crippen LogP contribution >= 0.6 is 11.3 Å². The Bertz CT molecular complexity index is 881. The number of rotatable bonds is 3. The van der Waals surface area contributed by atoms with Gasteiger partial charge in [0.2, 0.25) is 0 Å². The highest BCUT2D eigenvalue weighted by Crippen LogP contribution is 2.29. The first-order valence-electron chi connectivity index (χ1n) is 6.34. The van der Waals surface area contributed by atoms with E-state index in [2.05, 4.69) is 4.98 Å². The van der Waals surface area contributed by atoms with Gasteiger partial charge >= 0.3 is 0 Å². The number of fused-ring (bicyclic) bond motifs is 1. The van der Waals surface area contributed by atoms with Crippen LogP contribution in [0.1, 0.15) is 21.3 Å². The van der Waals surface area contributed by atoms with E-state index in [1.165, 1.54) is 17.4 Å². The Labute approximate surface area is 128 Å². The van der Waals surface area contributed by atoms with Gasteiger partial charge in [-0.1, -0.05) is 12.1 Å². The average molecular weight is 314 g/mol. The SMILES string of the molecule is N#C[C@@H](C(=O)c1ccc(F)c(F)c1)c1nc2ccccc2s1. The van der Waals surface area contributed by atoms with Crippen LogP contribution in [0, 0.1) is 23.0 Å². The van der Waals surface area contributed by atoms with E-state index >= 15 is 0 Å². The topological polar surface area (TPSA) is 53.8 Å². The molecule has 108 valence electrons. The van der Waals surface area contributed by atoms with Gasteiger partial charge in [0.15, 0.2) is 23.3 Å². The lowest BCUT2D eigenvalue weighted by atomic mass is 9.99. The summed E-state index contributed by atoms with van der Waals surface area (Å²) in [4.78, 5) is 16.6. The number of Topliss-reactive ketones (excluding diaryl/α,β-unsaturated/α-hetero) is 1.